The topological polar surface area (TPSA) is 9.23 Å². The molecule has 0 N–H and O–H groups in total. The van der Waals surface area contributed by atoms with Gasteiger partial charge in [-0.25, -0.2) is 0 Å². The van der Waals surface area contributed by atoms with E-state index in [9.17, 15) is 0 Å². The molecule has 0 amide bonds. The summed E-state index contributed by atoms with van der Waals surface area (Å²) < 4.78 is 5.18. The van der Waals surface area contributed by atoms with Gasteiger partial charge in [0.15, 0.2) is 0 Å². The average molecular weight is 114 g/mol. The summed E-state index contributed by atoms with van der Waals surface area (Å²) in [7, 11) is 1.81. The van der Waals surface area contributed by atoms with Crippen molar-refractivity contribution in [2.45, 2.75) is 32.3 Å². The van der Waals surface area contributed by atoms with Crippen LogP contribution in [0.15, 0.2) is 0 Å². The number of rotatable bonds is 1. The van der Waals surface area contributed by atoms with Gasteiger partial charge >= 0.3 is 0 Å². The van der Waals surface area contributed by atoms with Crippen molar-refractivity contribution in [1.82, 2.24) is 0 Å². The molecule has 0 radical (unpaired) electrons. The van der Waals surface area contributed by atoms with Gasteiger partial charge in [0.1, 0.15) is 0 Å². The average Bonchev–Trinajstić information content (AvgIpc) is 2.14. The Hall–Kier alpha value is -0.0400. The Morgan fingerprint density at radius 1 is 1.38 bits per heavy atom. The van der Waals surface area contributed by atoms with Gasteiger partial charge in [0, 0.05) is 7.11 Å². The maximum absolute atomic E-state index is 5.18. The van der Waals surface area contributed by atoms with Gasteiger partial charge < -0.3 is 4.74 Å². The van der Waals surface area contributed by atoms with E-state index in [-0.39, 0.29) is 0 Å². The summed E-state index contributed by atoms with van der Waals surface area (Å²) in [5.74, 6) is 0.903. The van der Waals surface area contributed by atoms with E-state index in [1.165, 1.54) is 19.3 Å². The van der Waals surface area contributed by atoms with E-state index in [4.69, 9.17) is 4.74 Å². The van der Waals surface area contributed by atoms with Crippen LogP contribution >= 0.6 is 0 Å². The third kappa shape index (κ3) is 1.22. The van der Waals surface area contributed by atoms with E-state index >= 15 is 0 Å². The summed E-state index contributed by atoms with van der Waals surface area (Å²) >= 11 is 0. The van der Waals surface area contributed by atoms with Crippen LogP contribution in [0.1, 0.15) is 26.2 Å². The van der Waals surface area contributed by atoms with Crippen molar-refractivity contribution < 1.29 is 4.74 Å². The Bertz CT molecular complexity index is 70.8. The fourth-order valence-electron chi connectivity index (χ4n) is 1.37. The summed E-state index contributed by atoms with van der Waals surface area (Å²) in [6, 6.07) is 0. The van der Waals surface area contributed by atoms with E-state index in [1.54, 1.807) is 0 Å². The summed E-state index contributed by atoms with van der Waals surface area (Å²) in [4.78, 5) is 0. The van der Waals surface area contributed by atoms with Crippen molar-refractivity contribution in [3.05, 3.63) is 0 Å². The standard InChI is InChI=1S/C7H14O/c1-6-3-4-7(5-6)8-2/h6-7H,3-5H2,1-2H3. The number of ether oxygens (including phenoxy) is 1. The number of methoxy groups -OCH3 is 1. The second-order valence-corrected chi connectivity index (χ2v) is 2.78. The van der Waals surface area contributed by atoms with Crippen LogP contribution in [0, 0.1) is 5.92 Å². The lowest BCUT2D eigenvalue weighted by Crippen LogP contribution is -2.03. The highest BCUT2D eigenvalue weighted by molar-refractivity contribution is 4.71. The fourth-order valence-corrected chi connectivity index (χ4v) is 1.37. The molecule has 0 aliphatic heterocycles. The van der Waals surface area contributed by atoms with Gasteiger partial charge in [-0.3, -0.25) is 0 Å². The van der Waals surface area contributed by atoms with Crippen molar-refractivity contribution in [2.75, 3.05) is 7.11 Å². The molecule has 2 unspecified atom stereocenters. The van der Waals surface area contributed by atoms with E-state index in [0.717, 1.165) is 5.92 Å². The Labute approximate surface area is 51.0 Å². The Morgan fingerprint density at radius 3 is 2.38 bits per heavy atom. The maximum atomic E-state index is 5.18. The van der Waals surface area contributed by atoms with Crippen molar-refractivity contribution in [3.63, 3.8) is 0 Å². The molecule has 1 fully saturated rings. The first-order valence-corrected chi connectivity index (χ1v) is 3.35. The Kier molecular flexibility index (Phi) is 1.90. The van der Waals surface area contributed by atoms with Crippen LogP contribution in [-0.2, 0) is 4.74 Å². The fraction of sp³-hybridized carbons (Fsp3) is 1.00. The lowest BCUT2D eigenvalue weighted by molar-refractivity contribution is 0.106. The molecule has 1 rings (SSSR count). The molecular weight excluding hydrogens is 100 g/mol. The zero-order valence-electron chi connectivity index (χ0n) is 5.68. The van der Waals surface area contributed by atoms with Crippen molar-refractivity contribution in [2.24, 2.45) is 5.92 Å². The molecule has 0 aromatic heterocycles. The maximum Gasteiger partial charge on any atom is 0.0574 e. The zero-order valence-corrected chi connectivity index (χ0v) is 5.68. The minimum absolute atomic E-state index is 0.574. The predicted octanol–water partition coefficient (Wildman–Crippen LogP) is 1.82. The summed E-state index contributed by atoms with van der Waals surface area (Å²) in [5, 5.41) is 0. The lowest BCUT2D eigenvalue weighted by Gasteiger charge is -2.04. The molecule has 1 aliphatic rings. The minimum Gasteiger partial charge on any atom is -0.381 e. The van der Waals surface area contributed by atoms with Gasteiger partial charge in [-0.15, -0.1) is 0 Å². The van der Waals surface area contributed by atoms with Gasteiger partial charge in [0.2, 0.25) is 0 Å². The third-order valence-corrected chi connectivity index (χ3v) is 1.98. The molecule has 8 heavy (non-hydrogen) atoms. The molecule has 1 heteroatoms. The third-order valence-electron chi connectivity index (χ3n) is 1.98. The first-order valence-electron chi connectivity index (χ1n) is 3.35. The molecule has 1 aliphatic carbocycles. The van der Waals surface area contributed by atoms with E-state index in [2.05, 4.69) is 6.92 Å². The first-order chi connectivity index (χ1) is 3.83. The van der Waals surface area contributed by atoms with Crippen LogP contribution in [-0.4, -0.2) is 13.2 Å². The smallest absolute Gasteiger partial charge is 0.0574 e. The van der Waals surface area contributed by atoms with Crippen LogP contribution in [0.2, 0.25) is 0 Å². The molecule has 1 nitrogen and oxygen atoms in total. The molecule has 48 valence electrons. The van der Waals surface area contributed by atoms with Gasteiger partial charge in [0.25, 0.3) is 0 Å². The largest absolute Gasteiger partial charge is 0.381 e. The normalized spacial score (nSPS) is 38.2. The number of hydrogen-bond acceptors (Lipinski definition) is 1. The highest BCUT2D eigenvalue weighted by Gasteiger charge is 2.19. The molecule has 0 heterocycles. The quantitative estimate of drug-likeness (QED) is 0.505. The molecule has 0 aromatic carbocycles. The van der Waals surface area contributed by atoms with Gasteiger partial charge in [0.05, 0.1) is 6.10 Å². The summed E-state index contributed by atoms with van der Waals surface area (Å²) in [6.45, 7) is 2.29. The van der Waals surface area contributed by atoms with Crippen LogP contribution in [0.4, 0.5) is 0 Å². The molecule has 0 saturated heterocycles. The van der Waals surface area contributed by atoms with Gasteiger partial charge in [-0.2, -0.15) is 0 Å². The molecule has 2 atom stereocenters. The van der Waals surface area contributed by atoms with Crippen LogP contribution in [0.25, 0.3) is 0 Å². The lowest BCUT2D eigenvalue weighted by atomic mass is 10.1. The molecule has 1 saturated carbocycles. The Morgan fingerprint density at radius 2 is 2.12 bits per heavy atom. The van der Waals surface area contributed by atoms with Gasteiger partial charge in [-0.1, -0.05) is 6.92 Å². The second-order valence-electron chi connectivity index (χ2n) is 2.78. The molecule has 0 aromatic rings. The monoisotopic (exact) mass is 114 g/mol. The van der Waals surface area contributed by atoms with E-state index in [1.807, 2.05) is 7.11 Å². The highest BCUT2D eigenvalue weighted by atomic mass is 16.5. The highest BCUT2D eigenvalue weighted by Crippen LogP contribution is 2.26. The van der Waals surface area contributed by atoms with Gasteiger partial charge in [-0.05, 0) is 25.2 Å². The zero-order chi connectivity index (χ0) is 5.98. The van der Waals surface area contributed by atoms with Crippen molar-refractivity contribution in [1.29, 1.82) is 0 Å². The molecule has 0 bridgehead atoms. The van der Waals surface area contributed by atoms with E-state index < -0.39 is 0 Å². The summed E-state index contributed by atoms with van der Waals surface area (Å²) in [6.07, 6.45) is 4.48. The van der Waals surface area contributed by atoms with Crippen LogP contribution in [0.3, 0.4) is 0 Å². The first kappa shape index (κ1) is 6.09. The SMILES string of the molecule is COC1CCC(C)C1. The van der Waals surface area contributed by atoms with Crippen LogP contribution < -0.4 is 0 Å². The minimum atomic E-state index is 0.574. The number of hydrogen-bond donors (Lipinski definition) is 0. The second kappa shape index (κ2) is 2.49. The molecular formula is C7H14O. The summed E-state index contributed by atoms with van der Waals surface area (Å²) in [5.41, 5.74) is 0. The van der Waals surface area contributed by atoms with E-state index in [0.29, 0.717) is 6.10 Å². The van der Waals surface area contributed by atoms with Crippen molar-refractivity contribution >= 4 is 0 Å². The van der Waals surface area contributed by atoms with Crippen molar-refractivity contribution in [3.8, 4) is 0 Å². The Balaban J connectivity index is 2.22. The molecule has 0 spiro atoms. The van der Waals surface area contributed by atoms with Crippen LogP contribution in [0.5, 0.6) is 0 Å². The predicted molar refractivity (Wildman–Crippen MR) is 33.8 cm³/mol.